The molecule has 0 heterocycles. The number of rotatable bonds is 7. The Morgan fingerprint density at radius 1 is 1.38 bits per heavy atom. The highest BCUT2D eigenvalue weighted by atomic mass is 79.9. The Labute approximate surface area is 105 Å². The minimum Gasteiger partial charge on any atom is -0.449 e. The first-order chi connectivity index (χ1) is 7.47. The zero-order valence-corrected chi connectivity index (χ0v) is 11.8. The molecule has 0 aromatic rings. The summed E-state index contributed by atoms with van der Waals surface area (Å²) in [7, 11) is -3.79. The van der Waals surface area contributed by atoms with Crippen molar-refractivity contribution in [2.75, 3.05) is 25.0 Å². The first kappa shape index (κ1) is 15.7. The van der Waals surface area contributed by atoms with Gasteiger partial charge in [-0.1, -0.05) is 22.9 Å². The average Bonchev–Trinajstić information content (AvgIpc) is 2.17. The summed E-state index contributed by atoms with van der Waals surface area (Å²) in [6.07, 6.45) is -0.269. The highest BCUT2D eigenvalue weighted by Gasteiger charge is 2.23. The van der Waals surface area contributed by atoms with Crippen molar-refractivity contribution in [3.05, 3.63) is 0 Å². The Bertz CT molecular complexity index is 301. The first-order valence-corrected chi connectivity index (χ1v) is 7.54. The van der Waals surface area contributed by atoms with Crippen LogP contribution < -0.4 is 4.72 Å². The summed E-state index contributed by atoms with van der Waals surface area (Å²) in [6.45, 7) is 4.27. The van der Waals surface area contributed by atoms with E-state index < -0.39 is 16.3 Å². The van der Waals surface area contributed by atoms with Crippen LogP contribution in [0.3, 0.4) is 0 Å². The number of nitrogens with zero attached hydrogens (tertiary/aromatic N) is 1. The summed E-state index contributed by atoms with van der Waals surface area (Å²) in [4.78, 5) is 11.0. The van der Waals surface area contributed by atoms with Crippen molar-refractivity contribution in [3.63, 3.8) is 0 Å². The number of hydrogen-bond acceptors (Lipinski definition) is 4. The number of carbonyl (C=O) groups is 1. The third kappa shape index (κ3) is 5.66. The molecular formula is C8H17BrN2O4S. The smallest absolute Gasteiger partial charge is 0.421 e. The topological polar surface area (TPSA) is 75.7 Å². The maximum absolute atomic E-state index is 11.7. The van der Waals surface area contributed by atoms with Gasteiger partial charge in [-0.15, -0.1) is 0 Å². The molecule has 0 aromatic carbocycles. The van der Waals surface area contributed by atoms with Crippen LogP contribution in [0.2, 0.25) is 0 Å². The van der Waals surface area contributed by atoms with Crippen LogP contribution in [0.4, 0.5) is 4.79 Å². The summed E-state index contributed by atoms with van der Waals surface area (Å²) < 4.78 is 30.9. The molecule has 0 aliphatic heterocycles. The molecule has 0 rings (SSSR count). The minimum absolute atomic E-state index is 0.133. The molecule has 0 aromatic heterocycles. The second-order valence-corrected chi connectivity index (χ2v) is 5.38. The minimum atomic E-state index is -3.79. The van der Waals surface area contributed by atoms with Crippen LogP contribution in [0.1, 0.15) is 20.3 Å². The van der Waals surface area contributed by atoms with E-state index in [4.69, 9.17) is 0 Å². The third-order valence-electron chi connectivity index (χ3n) is 1.63. The van der Waals surface area contributed by atoms with Gasteiger partial charge < -0.3 is 4.74 Å². The largest absolute Gasteiger partial charge is 0.449 e. The van der Waals surface area contributed by atoms with E-state index in [0.29, 0.717) is 24.8 Å². The normalized spacial score (nSPS) is 11.5. The molecule has 96 valence electrons. The van der Waals surface area contributed by atoms with Gasteiger partial charge in [-0.2, -0.15) is 12.7 Å². The van der Waals surface area contributed by atoms with Crippen molar-refractivity contribution >= 4 is 32.2 Å². The molecule has 0 atom stereocenters. The molecule has 0 aliphatic carbocycles. The quantitative estimate of drug-likeness (QED) is 0.713. The molecule has 0 aliphatic rings. The molecule has 1 amide bonds. The molecule has 8 heteroatoms. The van der Waals surface area contributed by atoms with E-state index in [-0.39, 0.29) is 6.61 Å². The molecule has 0 fully saturated rings. The van der Waals surface area contributed by atoms with E-state index in [1.807, 2.05) is 11.6 Å². The average molecular weight is 317 g/mol. The summed E-state index contributed by atoms with van der Waals surface area (Å²) in [5, 5.41) is 0.511. The third-order valence-corrected chi connectivity index (χ3v) is 3.46. The van der Waals surface area contributed by atoms with Crippen LogP contribution in [-0.4, -0.2) is 43.8 Å². The number of alkyl halides is 1. The second kappa shape index (κ2) is 7.86. The Morgan fingerprint density at radius 2 is 2.00 bits per heavy atom. The molecule has 0 bridgehead atoms. The van der Waals surface area contributed by atoms with Gasteiger partial charge >= 0.3 is 16.3 Å². The van der Waals surface area contributed by atoms with E-state index in [1.165, 1.54) is 4.31 Å². The van der Waals surface area contributed by atoms with Gasteiger partial charge in [0.15, 0.2) is 0 Å². The maximum atomic E-state index is 11.7. The molecule has 0 unspecified atom stereocenters. The molecule has 1 N–H and O–H groups in total. The van der Waals surface area contributed by atoms with Crippen molar-refractivity contribution in [2.24, 2.45) is 0 Å². The maximum Gasteiger partial charge on any atom is 0.421 e. The Hall–Kier alpha value is -0.340. The summed E-state index contributed by atoms with van der Waals surface area (Å²) in [6, 6.07) is 0. The van der Waals surface area contributed by atoms with Gasteiger partial charge in [-0.25, -0.2) is 9.52 Å². The fourth-order valence-corrected chi connectivity index (χ4v) is 2.84. The van der Waals surface area contributed by atoms with Crippen molar-refractivity contribution in [1.29, 1.82) is 0 Å². The molecule has 0 saturated heterocycles. The number of halogens is 1. The van der Waals surface area contributed by atoms with Crippen molar-refractivity contribution in [3.8, 4) is 0 Å². The molecule has 0 saturated carbocycles. The van der Waals surface area contributed by atoms with Gasteiger partial charge in [0.25, 0.3) is 0 Å². The lowest BCUT2D eigenvalue weighted by Crippen LogP contribution is -2.44. The van der Waals surface area contributed by atoms with Gasteiger partial charge in [0, 0.05) is 18.4 Å². The lowest BCUT2D eigenvalue weighted by molar-refractivity contribution is 0.158. The van der Waals surface area contributed by atoms with E-state index in [0.717, 1.165) is 0 Å². The first-order valence-electron chi connectivity index (χ1n) is 4.98. The van der Waals surface area contributed by atoms with Gasteiger partial charge in [-0.3, -0.25) is 0 Å². The van der Waals surface area contributed by atoms with E-state index in [1.54, 1.807) is 6.92 Å². The van der Waals surface area contributed by atoms with Gasteiger partial charge in [0.1, 0.15) is 0 Å². The Balaban J connectivity index is 4.52. The van der Waals surface area contributed by atoms with Crippen molar-refractivity contribution < 1.29 is 17.9 Å². The highest BCUT2D eigenvalue weighted by molar-refractivity contribution is 9.09. The number of carbonyl (C=O) groups excluding carboxylic acids is 1. The lowest BCUT2D eigenvalue weighted by atomic mass is 10.5. The molecule has 0 radical (unpaired) electrons. The fourth-order valence-electron chi connectivity index (χ4n) is 1.03. The summed E-state index contributed by atoms with van der Waals surface area (Å²) in [5.41, 5.74) is 0. The summed E-state index contributed by atoms with van der Waals surface area (Å²) >= 11 is 3.16. The van der Waals surface area contributed by atoms with Crippen LogP contribution in [0.25, 0.3) is 0 Å². The summed E-state index contributed by atoms with van der Waals surface area (Å²) in [5.74, 6) is 0. The molecular weight excluding hydrogens is 300 g/mol. The predicted molar refractivity (Wildman–Crippen MR) is 64.7 cm³/mol. The Kier molecular flexibility index (Phi) is 7.69. The zero-order valence-electron chi connectivity index (χ0n) is 9.40. The van der Waals surface area contributed by atoms with Crippen molar-refractivity contribution in [1.82, 2.24) is 9.03 Å². The predicted octanol–water partition coefficient (Wildman–Crippen LogP) is 1.08. The van der Waals surface area contributed by atoms with Gasteiger partial charge in [0.05, 0.1) is 6.61 Å². The van der Waals surface area contributed by atoms with Crippen LogP contribution in [-0.2, 0) is 14.9 Å². The monoisotopic (exact) mass is 316 g/mol. The second-order valence-electron chi connectivity index (χ2n) is 2.92. The molecule has 0 spiro atoms. The lowest BCUT2D eigenvalue weighted by Gasteiger charge is -2.20. The number of nitrogens with one attached hydrogen (secondary N) is 1. The van der Waals surface area contributed by atoms with Crippen LogP contribution in [0.15, 0.2) is 0 Å². The van der Waals surface area contributed by atoms with Crippen LogP contribution >= 0.6 is 15.9 Å². The molecule has 16 heavy (non-hydrogen) atoms. The number of hydrogen-bond donors (Lipinski definition) is 1. The number of amides is 1. The van der Waals surface area contributed by atoms with Crippen molar-refractivity contribution in [2.45, 2.75) is 20.3 Å². The zero-order chi connectivity index (χ0) is 12.6. The Morgan fingerprint density at radius 3 is 2.44 bits per heavy atom. The SMILES string of the molecule is CCCN(CCBr)S(=O)(=O)NC(=O)OCC. The van der Waals surface area contributed by atoms with Gasteiger partial charge in [-0.05, 0) is 13.3 Å². The number of ether oxygens (including phenoxy) is 1. The highest BCUT2D eigenvalue weighted by Crippen LogP contribution is 2.01. The fraction of sp³-hybridized carbons (Fsp3) is 0.875. The van der Waals surface area contributed by atoms with Crippen LogP contribution in [0.5, 0.6) is 0 Å². The molecule has 6 nitrogen and oxygen atoms in total. The standard InChI is InChI=1S/C8H17BrN2O4S/c1-3-6-11(7-5-9)16(13,14)10-8(12)15-4-2/h3-7H2,1-2H3,(H,10,12). The van der Waals surface area contributed by atoms with E-state index in [9.17, 15) is 13.2 Å². The van der Waals surface area contributed by atoms with E-state index >= 15 is 0 Å². The van der Waals surface area contributed by atoms with Crippen LogP contribution in [0, 0.1) is 0 Å². The van der Waals surface area contributed by atoms with Gasteiger partial charge in [0.2, 0.25) is 0 Å². The van der Waals surface area contributed by atoms with E-state index in [2.05, 4.69) is 20.7 Å².